The van der Waals surface area contributed by atoms with E-state index in [9.17, 15) is 4.79 Å². The number of hydrogen-bond acceptors (Lipinski definition) is 6. The molecule has 3 aromatic rings. The zero-order valence-electron chi connectivity index (χ0n) is 14.3. The van der Waals surface area contributed by atoms with Gasteiger partial charge in [0, 0.05) is 31.8 Å². The molecule has 0 amide bonds. The van der Waals surface area contributed by atoms with E-state index in [1.54, 1.807) is 0 Å². The summed E-state index contributed by atoms with van der Waals surface area (Å²) >= 11 is 0. The lowest BCUT2D eigenvalue weighted by Crippen LogP contribution is -2.19. The average Bonchev–Trinajstić information content (AvgIpc) is 3.08. The summed E-state index contributed by atoms with van der Waals surface area (Å²) in [5.41, 5.74) is 2.04. The number of aromatic nitrogens is 4. The van der Waals surface area contributed by atoms with Crippen molar-refractivity contribution in [2.75, 3.05) is 6.61 Å². The van der Waals surface area contributed by atoms with Gasteiger partial charge in [-0.2, -0.15) is 4.98 Å². The molecule has 2 aromatic heterocycles. The molecule has 25 heavy (non-hydrogen) atoms. The third-order valence-electron chi connectivity index (χ3n) is 3.79. The minimum atomic E-state index is -0.371. The number of benzene rings is 1. The van der Waals surface area contributed by atoms with E-state index in [1.165, 1.54) is 28.7 Å². The van der Waals surface area contributed by atoms with Gasteiger partial charge in [-0.25, -0.2) is 4.98 Å². The van der Waals surface area contributed by atoms with Crippen LogP contribution in [0, 0.1) is 6.92 Å². The molecule has 0 saturated heterocycles. The monoisotopic (exact) mass is 340 g/mol. The fraction of sp³-hybridized carbons (Fsp3) is 0.333. The molecule has 7 heteroatoms. The topological polar surface area (TPSA) is 83.0 Å². The van der Waals surface area contributed by atoms with E-state index in [0.29, 0.717) is 31.3 Å². The van der Waals surface area contributed by atoms with Gasteiger partial charge in [-0.05, 0) is 19.4 Å². The summed E-state index contributed by atoms with van der Waals surface area (Å²) in [6, 6.07) is 9.47. The van der Waals surface area contributed by atoms with Gasteiger partial charge in [0.2, 0.25) is 11.7 Å². The first-order chi connectivity index (χ1) is 12.2. The number of hydrogen-bond donors (Lipinski definition) is 0. The lowest BCUT2D eigenvalue weighted by atomic mass is 10.1. The molecule has 0 aliphatic heterocycles. The Bertz CT molecular complexity index is 870. The molecule has 7 nitrogen and oxygen atoms in total. The minimum absolute atomic E-state index is 0.110. The zero-order chi connectivity index (χ0) is 17.6. The van der Waals surface area contributed by atoms with E-state index < -0.39 is 0 Å². The predicted molar refractivity (Wildman–Crippen MR) is 91.1 cm³/mol. The SMILES string of the molecule is CCOC(c1ccc(C)cc1)c1noc(CCn2cnccc2=O)n1. The number of rotatable bonds is 7. The van der Waals surface area contributed by atoms with Gasteiger partial charge in [0.1, 0.15) is 6.10 Å². The predicted octanol–water partition coefficient (Wildman–Crippen LogP) is 2.30. The van der Waals surface area contributed by atoms with E-state index in [0.717, 1.165) is 5.56 Å². The Hall–Kier alpha value is -2.80. The smallest absolute Gasteiger partial charge is 0.253 e. The number of nitrogens with zero attached hydrogens (tertiary/aromatic N) is 4. The van der Waals surface area contributed by atoms with Crippen LogP contribution < -0.4 is 5.56 Å². The molecular weight excluding hydrogens is 320 g/mol. The van der Waals surface area contributed by atoms with Crippen molar-refractivity contribution >= 4 is 0 Å². The molecule has 3 rings (SSSR count). The largest absolute Gasteiger partial charge is 0.366 e. The second-order valence-corrected chi connectivity index (χ2v) is 5.65. The van der Waals surface area contributed by atoms with Gasteiger partial charge >= 0.3 is 0 Å². The summed E-state index contributed by atoms with van der Waals surface area (Å²) in [7, 11) is 0. The lowest BCUT2D eigenvalue weighted by molar-refractivity contribution is 0.0833. The Morgan fingerprint density at radius 3 is 2.76 bits per heavy atom. The van der Waals surface area contributed by atoms with Crippen LogP contribution in [0.5, 0.6) is 0 Å². The maximum absolute atomic E-state index is 11.7. The summed E-state index contributed by atoms with van der Waals surface area (Å²) in [6.07, 6.45) is 3.04. The maximum atomic E-state index is 11.7. The van der Waals surface area contributed by atoms with Crippen LogP contribution in [0.1, 0.15) is 35.9 Å². The van der Waals surface area contributed by atoms with Crippen molar-refractivity contribution in [3.8, 4) is 0 Å². The van der Waals surface area contributed by atoms with Crippen LogP contribution in [-0.2, 0) is 17.7 Å². The van der Waals surface area contributed by atoms with Gasteiger partial charge in [0.05, 0.1) is 6.33 Å². The van der Waals surface area contributed by atoms with Crippen molar-refractivity contribution in [3.63, 3.8) is 0 Å². The van der Waals surface area contributed by atoms with E-state index >= 15 is 0 Å². The van der Waals surface area contributed by atoms with E-state index in [2.05, 4.69) is 15.1 Å². The Morgan fingerprint density at radius 2 is 2.04 bits per heavy atom. The van der Waals surface area contributed by atoms with Crippen LogP contribution in [0.2, 0.25) is 0 Å². The molecule has 0 aliphatic carbocycles. The van der Waals surface area contributed by atoms with Crippen molar-refractivity contribution in [1.29, 1.82) is 0 Å². The Kier molecular flexibility index (Phi) is 5.35. The minimum Gasteiger partial charge on any atom is -0.366 e. The molecule has 0 bridgehead atoms. The summed E-state index contributed by atoms with van der Waals surface area (Å²) in [5, 5.41) is 4.05. The quantitative estimate of drug-likeness (QED) is 0.656. The second kappa shape index (κ2) is 7.85. The molecular formula is C18H20N4O3. The Labute approximate surface area is 145 Å². The molecule has 0 N–H and O–H groups in total. The van der Waals surface area contributed by atoms with Crippen molar-refractivity contribution in [3.05, 3.63) is 76.1 Å². The number of ether oxygens (including phenoxy) is 1. The highest BCUT2D eigenvalue weighted by molar-refractivity contribution is 5.26. The fourth-order valence-electron chi connectivity index (χ4n) is 2.47. The summed E-state index contributed by atoms with van der Waals surface area (Å²) in [6.45, 7) is 4.93. The summed E-state index contributed by atoms with van der Waals surface area (Å²) < 4.78 is 12.6. The first-order valence-electron chi connectivity index (χ1n) is 8.18. The van der Waals surface area contributed by atoms with Gasteiger partial charge in [0.15, 0.2) is 0 Å². The molecule has 1 unspecified atom stereocenters. The van der Waals surface area contributed by atoms with Crippen LogP contribution >= 0.6 is 0 Å². The van der Waals surface area contributed by atoms with Crippen LogP contribution in [0.3, 0.4) is 0 Å². The van der Waals surface area contributed by atoms with Crippen molar-refractivity contribution in [2.45, 2.75) is 32.9 Å². The van der Waals surface area contributed by atoms with Crippen LogP contribution in [0.15, 0.2) is 52.2 Å². The zero-order valence-corrected chi connectivity index (χ0v) is 14.3. The Morgan fingerprint density at radius 1 is 1.24 bits per heavy atom. The van der Waals surface area contributed by atoms with E-state index in [-0.39, 0.29) is 11.7 Å². The molecule has 0 radical (unpaired) electrons. The van der Waals surface area contributed by atoms with Gasteiger partial charge in [-0.1, -0.05) is 35.0 Å². The standard InChI is InChI=1S/C18H20N4O3/c1-3-24-17(14-6-4-13(2)5-7-14)18-20-15(25-21-18)9-11-22-12-19-10-8-16(22)23/h4-8,10,12,17H,3,9,11H2,1-2H3. The van der Waals surface area contributed by atoms with Gasteiger partial charge < -0.3 is 9.26 Å². The van der Waals surface area contributed by atoms with Crippen LogP contribution in [0.25, 0.3) is 0 Å². The molecule has 1 aromatic carbocycles. The first kappa shape index (κ1) is 17.0. The second-order valence-electron chi connectivity index (χ2n) is 5.65. The van der Waals surface area contributed by atoms with E-state index in [4.69, 9.17) is 9.26 Å². The first-order valence-corrected chi connectivity index (χ1v) is 8.18. The fourth-order valence-corrected chi connectivity index (χ4v) is 2.47. The van der Waals surface area contributed by atoms with Gasteiger partial charge in [-0.3, -0.25) is 9.36 Å². The normalized spacial score (nSPS) is 12.2. The lowest BCUT2D eigenvalue weighted by Gasteiger charge is -2.13. The van der Waals surface area contributed by atoms with Gasteiger partial charge in [-0.15, -0.1) is 0 Å². The molecule has 0 saturated carbocycles. The molecule has 1 atom stereocenters. The van der Waals surface area contributed by atoms with Crippen molar-refractivity contribution in [1.82, 2.24) is 19.7 Å². The van der Waals surface area contributed by atoms with Crippen LogP contribution in [-0.4, -0.2) is 26.3 Å². The summed E-state index contributed by atoms with van der Waals surface area (Å²) in [5.74, 6) is 0.946. The molecule has 0 fully saturated rings. The third kappa shape index (κ3) is 4.19. The summed E-state index contributed by atoms with van der Waals surface area (Å²) in [4.78, 5) is 20.1. The maximum Gasteiger partial charge on any atom is 0.253 e. The highest BCUT2D eigenvalue weighted by Gasteiger charge is 2.20. The van der Waals surface area contributed by atoms with Gasteiger partial charge in [0.25, 0.3) is 5.56 Å². The Balaban J connectivity index is 1.75. The van der Waals surface area contributed by atoms with Crippen molar-refractivity contribution in [2.24, 2.45) is 0 Å². The van der Waals surface area contributed by atoms with Crippen molar-refractivity contribution < 1.29 is 9.26 Å². The highest BCUT2D eigenvalue weighted by Crippen LogP contribution is 2.24. The molecule has 0 spiro atoms. The highest BCUT2D eigenvalue weighted by atomic mass is 16.5. The average molecular weight is 340 g/mol. The molecule has 2 heterocycles. The van der Waals surface area contributed by atoms with E-state index in [1.807, 2.05) is 38.1 Å². The molecule has 0 aliphatic rings. The number of aryl methyl sites for hydroxylation is 3. The van der Waals surface area contributed by atoms with Crippen LogP contribution in [0.4, 0.5) is 0 Å². The third-order valence-corrected chi connectivity index (χ3v) is 3.79. The molecule has 130 valence electrons.